The number of hydrogen-bond acceptors (Lipinski definition) is 5. The van der Waals surface area contributed by atoms with Gasteiger partial charge < -0.3 is 19.7 Å². The number of methoxy groups -OCH3 is 1. The Balaban J connectivity index is 1.45. The number of aryl methyl sites for hydroxylation is 1. The van der Waals surface area contributed by atoms with Crippen LogP contribution in [0.2, 0.25) is 10.0 Å². The van der Waals surface area contributed by atoms with Gasteiger partial charge in [0.05, 0.1) is 10.0 Å². The van der Waals surface area contributed by atoms with E-state index in [4.69, 9.17) is 32.7 Å². The van der Waals surface area contributed by atoms with Crippen LogP contribution in [0.25, 0.3) is 0 Å². The topological polar surface area (TPSA) is 88.2 Å². The van der Waals surface area contributed by atoms with Crippen LogP contribution in [0.4, 0.5) is 11.4 Å². The molecular weight excluding hydrogens is 597 g/mol. The number of hydrogen-bond donors (Lipinski definition) is 1. The maximum absolute atomic E-state index is 12.9. The summed E-state index contributed by atoms with van der Waals surface area (Å²) >= 11 is 15.5. The summed E-state index contributed by atoms with van der Waals surface area (Å²) < 4.78 is 11.9. The first-order chi connectivity index (χ1) is 18.2. The summed E-state index contributed by atoms with van der Waals surface area (Å²) in [6.07, 6.45) is 0.881. The zero-order chi connectivity index (χ0) is 27.4. The molecule has 0 saturated carbocycles. The maximum Gasteiger partial charge on any atom is 0.313 e. The number of anilines is 2. The van der Waals surface area contributed by atoms with E-state index in [1.54, 1.807) is 53.4 Å². The van der Waals surface area contributed by atoms with Crippen molar-refractivity contribution in [2.24, 2.45) is 0 Å². The summed E-state index contributed by atoms with van der Waals surface area (Å²) in [5.41, 5.74) is 2.77. The highest BCUT2D eigenvalue weighted by molar-refractivity contribution is 9.10. The molecule has 3 aromatic rings. The monoisotopic (exact) mass is 619 g/mol. The molecule has 1 heterocycles. The zero-order valence-electron chi connectivity index (χ0n) is 20.6. The van der Waals surface area contributed by atoms with Crippen LogP contribution in [-0.4, -0.2) is 43.5 Å². The molecule has 0 unspecified atom stereocenters. The highest BCUT2D eigenvalue weighted by Crippen LogP contribution is 2.33. The van der Waals surface area contributed by atoms with Gasteiger partial charge in [-0.1, -0.05) is 45.2 Å². The third-order valence-electron chi connectivity index (χ3n) is 5.89. The summed E-state index contributed by atoms with van der Waals surface area (Å²) in [7, 11) is 3.06. The van der Waals surface area contributed by atoms with E-state index in [1.165, 1.54) is 19.1 Å². The van der Waals surface area contributed by atoms with Crippen LogP contribution in [-0.2, 0) is 32.1 Å². The van der Waals surface area contributed by atoms with Crippen molar-refractivity contribution in [2.45, 2.75) is 19.4 Å². The Labute approximate surface area is 238 Å². The molecule has 3 amide bonds. The number of carbonyl (C=O) groups is 3. The molecule has 0 bridgehead atoms. The largest absolute Gasteiger partial charge is 0.457 e. The second kappa shape index (κ2) is 12.2. The molecule has 0 atom stereocenters. The Bertz CT molecular complexity index is 1400. The van der Waals surface area contributed by atoms with Crippen molar-refractivity contribution in [1.29, 1.82) is 0 Å². The first-order valence-corrected chi connectivity index (χ1v) is 13.1. The van der Waals surface area contributed by atoms with E-state index in [0.29, 0.717) is 45.6 Å². The fourth-order valence-corrected chi connectivity index (χ4v) is 4.64. The summed E-state index contributed by atoms with van der Waals surface area (Å²) in [6.45, 7) is 0.266. The molecule has 1 aliphatic heterocycles. The summed E-state index contributed by atoms with van der Waals surface area (Å²) in [4.78, 5) is 40.7. The molecule has 0 aliphatic carbocycles. The quantitative estimate of drug-likeness (QED) is 0.326. The van der Waals surface area contributed by atoms with Crippen molar-refractivity contribution >= 4 is 68.2 Å². The molecule has 3 aromatic carbocycles. The number of amides is 3. The Morgan fingerprint density at radius 1 is 1.05 bits per heavy atom. The van der Waals surface area contributed by atoms with Gasteiger partial charge in [-0.2, -0.15) is 0 Å². The van der Waals surface area contributed by atoms with Crippen LogP contribution >= 0.6 is 39.1 Å². The van der Waals surface area contributed by atoms with Gasteiger partial charge in [-0.05, 0) is 54.4 Å². The van der Waals surface area contributed by atoms with Crippen LogP contribution < -0.4 is 15.0 Å². The van der Waals surface area contributed by atoms with Crippen molar-refractivity contribution < 1.29 is 23.9 Å². The lowest BCUT2D eigenvalue weighted by atomic mass is 10.0. The predicted octanol–water partition coefficient (Wildman–Crippen LogP) is 6.03. The number of ether oxygens (including phenoxy) is 2. The lowest BCUT2D eigenvalue weighted by molar-refractivity contribution is -0.142. The minimum absolute atomic E-state index is 0.0246. The van der Waals surface area contributed by atoms with Gasteiger partial charge in [-0.15, -0.1) is 0 Å². The van der Waals surface area contributed by atoms with Gasteiger partial charge in [-0.3, -0.25) is 19.3 Å². The van der Waals surface area contributed by atoms with Crippen molar-refractivity contribution in [2.75, 3.05) is 31.1 Å². The fraction of sp³-hybridized carbons (Fsp3) is 0.222. The molecule has 0 radical (unpaired) electrons. The van der Waals surface area contributed by atoms with E-state index in [2.05, 4.69) is 21.2 Å². The normalized spacial score (nSPS) is 12.7. The van der Waals surface area contributed by atoms with E-state index < -0.39 is 11.8 Å². The first kappa shape index (κ1) is 27.9. The van der Waals surface area contributed by atoms with E-state index in [0.717, 1.165) is 15.7 Å². The number of benzene rings is 3. The van der Waals surface area contributed by atoms with Gasteiger partial charge in [0.2, 0.25) is 5.91 Å². The average molecular weight is 621 g/mol. The average Bonchev–Trinajstić information content (AvgIpc) is 2.89. The zero-order valence-corrected chi connectivity index (χ0v) is 23.7. The van der Waals surface area contributed by atoms with Crippen molar-refractivity contribution in [3.05, 3.63) is 80.2 Å². The number of likely N-dealkylation sites (N-methyl/N-ethyl adjacent to an activating group) is 1. The summed E-state index contributed by atoms with van der Waals surface area (Å²) in [5.74, 6) is -0.561. The minimum Gasteiger partial charge on any atom is -0.457 e. The molecule has 0 spiro atoms. The Morgan fingerprint density at radius 2 is 1.84 bits per heavy atom. The lowest BCUT2D eigenvalue weighted by Crippen LogP contribution is -2.37. The standard InChI is InChI=1S/C27H24BrCl2N3O5/c1-32(14-17-3-5-18(28)12-24(17)38-20-7-8-21(29)22(30)13-20)27(36)26(35)31-19-6-9-23-16(11-19)4-10-25(34)33(23)15-37-2/h3,5-9,11-13H,4,10,14-15H2,1-2H3,(H,31,35). The first-order valence-electron chi connectivity index (χ1n) is 11.6. The molecular formula is C27H24BrCl2N3O5. The Hall–Kier alpha value is -3.11. The minimum atomic E-state index is -0.780. The molecule has 11 heteroatoms. The summed E-state index contributed by atoms with van der Waals surface area (Å²) in [5, 5.41) is 3.42. The van der Waals surface area contributed by atoms with E-state index in [1.807, 2.05) is 6.07 Å². The van der Waals surface area contributed by atoms with Crippen LogP contribution in [0.5, 0.6) is 11.5 Å². The van der Waals surface area contributed by atoms with Gasteiger partial charge in [-0.25, -0.2) is 0 Å². The SMILES string of the molecule is COCN1C(=O)CCc2cc(NC(=O)C(=O)N(C)Cc3ccc(Br)cc3Oc3ccc(Cl)c(Cl)c3)ccc21. The van der Waals surface area contributed by atoms with Gasteiger partial charge in [0, 0.05) is 54.6 Å². The fourth-order valence-electron chi connectivity index (χ4n) is 4.01. The van der Waals surface area contributed by atoms with Gasteiger partial charge in [0.15, 0.2) is 0 Å². The maximum atomic E-state index is 12.9. The van der Waals surface area contributed by atoms with Crippen molar-refractivity contribution in [1.82, 2.24) is 4.90 Å². The predicted molar refractivity (Wildman–Crippen MR) is 150 cm³/mol. The highest BCUT2D eigenvalue weighted by atomic mass is 79.9. The molecule has 38 heavy (non-hydrogen) atoms. The second-order valence-corrected chi connectivity index (χ2v) is 10.4. The molecule has 198 valence electrons. The Kier molecular flexibility index (Phi) is 8.94. The number of nitrogens with one attached hydrogen (secondary N) is 1. The molecule has 0 fully saturated rings. The number of halogens is 3. The number of rotatable bonds is 7. The second-order valence-electron chi connectivity index (χ2n) is 8.63. The molecule has 4 rings (SSSR count). The molecule has 0 aromatic heterocycles. The Morgan fingerprint density at radius 3 is 2.58 bits per heavy atom. The number of nitrogens with zero attached hydrogens (tertiary/aromatic N) is 2. The van der Waals surface area contributed by atoms with Crippen LogP contribution in [0.3, 0.4) is 0 Å². The van der Waals surface area contributed by atoms with E-state index in [9.17, 15) is 14.4 Å². The molecule has 0 saturated heterocycles. The lowest BCUT2D eigenvalue weighted by Gasteiger charge is -2.29. The smallest absolute Gasteiger partial charge is 0.313 e. The number of carbonyl (C=O) groups excluding carboxylic acids is 3. The van der Waals surface area contributed by atoms with E-state index >= 15 is 0 Å². The van der Waals surface area contributed by atoms with Crippen LogP contribution in [0.15, 0.2) is 59.1 Å². The molecule has 8 nitrogen and oxygen atoms in total. The van der Waals surface area contributed by atoms with Crippen molar-refractivity contribution in [3.8, 4) is 11.5 Å². The third-order valence-corrected chi connectivity index (χ3v) is 7.12. The number of fused-ring (bicyclic) bond motifs is 1. The van der Waals surface area contributed by atoms with Crippen LogP contribution in [0, 0.1) is 0 Å². The summed E-state index contributed by atoms with van der Waals surface area (Å²) in [6, 6.07) is 15.5. The van der Waals surface area contributed by atoms with Gasteiger partial charge in [0.1, 0.15) is 18.2 Å². The van der Waals surface area contributed by atoms with Crippen LogP contribution in [0.1, 0.15) is 17.5 Å². The third kappa shape index (κ3) is 6.47. The van der Waals surface area contributed by atoms with Gasteiger partial charge >= 0.3 is 11.8 Å². The highest BCUT2D eigenvalue weighted by Gasteiger charge is 2.25. The van der Waals surface area contributed by atoms with E-state index in [-0.39, 0.29) is 19.2 Å². The molecule has 1 aliphatic rings. The van der Waals surface area contributed by atoms with Gasteiger partial charge in [0.25, 0.3) is 0 Å². The van der Waals surface area contributed by atoms with Crippen molar-refractivity contribution in [3.63, 3.8) is 0 Å². The molecule has 1 N–H and O–H groups in total.